The number of furan rings is 1. The molecule has 0 bridgehead atoms. The Morgan fingerprint density at radius 1 is 0.882 bits per heavy atom. The van der Waals surface area contributed by atoms with E-state index >= 15 is 0 Å². The van der Waals surface area contributed by atoms with Gasteiger partial charge in [-0.2, -0.15) is 0 Å². The van der Waals surface area contributed by atoms with Crippen LogP contribution in [0.25, 0.3) is 11.0 Å². The third-order valence-corrected chi connectivity index (χ3v) is 6.85. The van der Waals surface area contributed by atoms with Crippen LogP contribution in [-0.4, -0.2) is 27.5 Å². The van der Waals surface area contributed by atoms with Crippen molar-refractivity contribution in [3.8, 4) is 11.5 Å². The molecule has 1 aliphatic heterocycles. The first kappa shape index (κ1) is 21.8. The molecule has 2 N–H and O–H groups in total. The number of anilines is 2. The minimum Gasteiger partial charge on any atom is -0.490 e. The molecular weight excluding hydrogens is 456 g/mol. The highest BCUT2D eigenvalue weighted by Crippen LogP contribution is 2.32. The Labute approximate surface area is 196 Å². The number of sulfonamides is 1. The maximum Gasteiger partial charge on any atom is 0.291 e. The molecule has 3 aromatic carbocycles. The average Bonchev–Trinajstić information content (AvgIpc) is 3.00. The van der Waals surface area contributed by atoms with Gasteiger partial charge in [-0.1, -0.05) is 18.2 Å². The van der Waals surface area contributed by atoms with E-state index in [1.807, 2.05) is 31.2 Å². The third-order valence-electron chi connectivity index (χ3n) is 5.47. The van der Waals surface area contributed by atoms with Crippen molar-refractivity contribution < 1.29 is 27.1 Å². The standard InChI is InChI=1S/C25H22N2O6S/c1-16-20-5-2-3-6-21(20)33-24(16)25(28)26-17-7-9-18(10-8-17)27-34(29,30)19-11-12-22-23(15-19)32-14-4-13-31-22/h2-3,5-12,15,27H,4,13-14H2,1H3,(H,26,28). The zero-order valence-corrected chi connectivity index (χ0v) is 19.1. The molecule has 8 nitrogen and oxygen atoms in total. The monoisotopic (exact) mass is 478 g/mol. The number of nitrogens with one attached hydrogen (secondary N) is 2. The number of carbonyl (C=O) groups is 1. The van der Waals surface area contributed by atoms with Crippen molar-refractivity contribution in [1.82, 2.24) is 0 Å². The van der Waals surface area contributed by atoms with Crippen molar-refractivity contribution in [1.29, 1.82) is 0 Å². The van der Waals surface area contributed by atoms with Gasteiger partial charge in [0.2, 0.25) is 0 Å². The van der Waals surface area contributed by atoms with E-state index in [1.54, 1.807) is 30.3 Å². The lowest BCUT2D eigenvalue weighted by Crippen LogP contribution is -2.14. The number of aryl methyl sites for hydroxylation is 1. The molecule has 1 aliphatic rings. The van der Waals surface area contributed by atoms with Crippen LogP contribution >= 0.6 is 0 Å². The zero-order valence-electron chi connectivity index (χ0n) is 18.3. The normalized spacial score (nSPS) is 13.3. The van der Waals surface area contributed by atoms with Crippen molar-refractivity contribution in [2.45, 2.75) is 18.2 Å². The number of carbonyl (C=O) groups excluding carboxylic acids is 1. The molecule has 2 heterocycles. The van der Waals surface area contributed by atoms with Gasteiger partial charge in [0.05, 0.1) is 18.1 Å². The molecule has 0 radical (unpaired) electrons. The number of rotatable bonds is 5. The second-order valence-corrected chi connectivity index (χ2v) is 9.53. The minimum atomic E-state index is -3.85. The van der Waals surface area contributed by atoms with Crippen molar-refractivity contribution in [3.05, 3.63) is 78.1 Å². The number of benzene rings is 3. The molecule has 34 heavy (non-hydrogen) atoms. The summed E-state index contributed by atoms with van der Waals surface area (Å²) in [5.74, 6) is 0.783. The lowest BCUT2D eigenvalue weighted by atomic mass is 10.1. The molecule has 0 saturated heterocycles. The molecule has 4 aromatic rings. The van der Waals surface area contributed by atoms with Crippen LogP contribution in [0.1, 0.15) is 22.5 Å². The predicted molar refractivity (Wildman–Crippen MR) is 128 cm³/mol. The van der Waals surface area contributed by atoms with Crippen LogP contribution in [0.4, 0.5) is 11.4 Å². The van der Waals surface area contributed by atoms with E-state index in [1.165, 1.54) is 12.1 Å². The van der Waals surface area contributed by atoms with Gasteiger partial charge in [-0.3, -0.25) is 9.52 Å². The fourth-order valence-corrected chi connectivity index (χ4v) is 4.80. The Balaban J connectivity index is 1.30. The van der Waals surface area contributed by atoms with Gasteiger partial charge in [0, 0.05) is 34.8 Å². The highest BCUT2D eigenvalue weighted by molar-refractivity contribution is 7.92. The average molecular weight is 479 g/mol. The summed E-state index contributed by atoms with van der Waals surface area (Å²) in [4.78, 5) is 12.8. The largest absolute Gasteiger partial charge is 0.490 e. The number of amides is 1. The lowest BCUT2D eigenvalue weighted by molar-refractivity contribution is 0.0998. The van der Waals surface area contributed by atoms with Crippen molar-refractivity contribution in [2.24, 2.45) is 0 Å². The summed E-state index contributed by atoms with van der Waals surface area (Å²) >= 11 is 0. The lowest BCUT2D eigenvalue weighted by Gasteiger charge is -2.12. The first-order chi connectivity index (χ1) is 16.4. The molecule has 0 atom stereocenters. The van der Waals surface area contributed by atoms with E-state index in [-0.39, 0.29) is 16.6 Å². The second kappa shape index (κ2) is 8.75. The van der Waals surface area contributed by atoms with Crippen LogP contribution < -0.4 is 19.5 Å². The topological polar surface area (TPSA) is 107 Å². The van der Waals surface area contributed by atoms with E-state index in [2.05, 4.69) is 10.0 Å². The molecule has 0 saturated carbocycles. The summed E-state index contributed by atoms with van der Waals surface area (Å²) in [6, 6.07) is 18.3. The number of para-hydroxylation sites is 1. The van der Waals surface area contributed by atoms with Gasteiger partial charge in [-0.15, -0.1) is 0 Å². The van der Waals surface area contributed by atoms with Gasteiger partial charge in [0.25, 0.3) is 15.9 Å². The maximum absolute atomic E-state index is 12.9. The third kappa shape index (κ3) is 4.29. The SMILES string of the molecule is Cc1c(C(=O)Nc2ccc(NS(=O)(=O)c3ccc4c(c3)OCCCO4)cc2)oc2ccccc12. The molecule has 0 fully saturated rings. The molecule has 0 spiro atoms. The number of hydrogen-bond donors (Lipinski definition) is 2. The van der Waals surface area contributed by atoms with Gasteiger partial charge in [0.15, 0.2) is 17.3 Å². The van der Waals surface area contributed by atoms with Crippen molar-refractivity contribution >= 4 is 38.3 Å². The number of hydrogen-bond acceptors (Lipinski definition) is 6. The Morgan fingerprint density at radius 3 is 2.35 bits per heavy atom. The van der Waals surface area contributed by atoms with Gasteiger partial charge < -0.3 is 19.2 Å². The fraction of sp³-hybridized carbons (Fsp3) is 0.160. The fourth-order valence-electron chi connectivity index (χ4n) is 3.73. The van der Waals surface area contributed by atoms with Gasteiger partial charge >= 0.3 is 0 Å². The van der Waals surface area contributed by atoms with Crippen LogP contribution in [0, 0.1) is 6.92 Å². The summed E-state index contributed by atoms with van der Waals surface area (Å²) in [7, 11) is -3.85. The van der Waals surface area contributed by atoms with Gasteiger partial charge in [-0.05, 0) is 49.4 Å². The smallest absolute Gasteiger partial charge is 0.291 e. The molecule has 9 heteroatoms. The minimum absolute atomic E-state index is 0.0643. The Kier molecular flexibility index (Phi) is 5.62. The summed E-state index contributed by atoms with van der Waals surface area (Å²) in [5.41, 5.74) is 2.26. The Bertz CT molecular complexity index is 1480. The molecular formula is C25H22N2O6S. The first-order valence-corrected chi connectivity index (χ1v) is 12.2. The summed E-state index contributed by atoms with van der Waals surface area (Å²) in [6.07, 6.45) is 0.730. The highest BCUT2D eigenvalue weighted by atomic mass is 32.2. The summed E-state index contributed by atoms with van der Waals surface area (Å²) < 4.78 is 45.1. The number of ether oxygens (including phenoxy) is 2. The number of fused-ring (bicyclic) bond motifs is 2. The van der Waals surface area contributed by atoms with Crippen molar-refractivity contribution in [2.75, 3.05) is 23.3 Å². The molecule has 5 rings (SSSR count). The zero-order chi connectivity index (χ0) is 23.7. The van der Waals surface area contributed by atoms with Crippen LogP contribution in [0.15, 0.2) is 76.0 Å². The van der Waals surface area contributed by atoms with Crippen LogP contribution in [0.2, 0.25) is 0 Å². The van der Waals surface area contributed by atoms with Crippen LogP contribution in [0.5, 0.6) is 11.5 Å². The van der Waals surface area contributed by atoms with Gasteiger partial charge in [0.1, 0.15) is 5.58 Å². The van der Waals surface area contributed by atoms with Crippen LogP contribution in [-0.2, 0) is 10.0 Å². The van der Waals surface area contributed by atoms with E-state index in [0.29, 0.717) is 41.7 Å². The van der Waals surface area contributed by atoms with Crippen LogP contribution in [0.3, 0.4) is 0 Å². The summed E-state index contributed by atoms with van der Waals surface area (Å²) in [5, 5.41) is 3.66. The molecule has 1 aromatic heterocycles. The Morgan fingerprint density at radius 2 is 1.59 bits per heavy atom. The quantitative estimate of drug-likeness (QED) is 0.420. The van der Waals surface area contributed by atoms with E-state index in [9.17, 15) is 13.2 Å². The second-order valence-electron chi connectivity index (χ2n) is 7.85. The molecule has 1 amide bonds. The highest BCUT2D eigenvalue weighted by Gasteiger charge is 2.20. The first-order valence-electron chi connectivity index (χ1n) is 10.7. The molecule has 0 unspecified atom stereocenters. The van der Waals surface area contributed by atoms with E-state index < -0.39 is 10.0 Å². The molecule has 174 valence electrons. The van der Waals surface area contributed by atoms with E-state index in [4.69, 9.17) is 13.9 Å². The predicted octanol–water partition coefficient (Wildman–Crippen LogP) is 4.96. The van der Waals surface area contributed by atoms with Crippen molar-refractivity contribution in [3.63, 3.8) is 0 Å². The maximum atomic E-state index is 12.9. The molecule has 0 aliphatic carbocycles. The van der Waals surface area contributed by atoms with E-state index in [0.717, 1.165) is 17.4 Å². The Hall–Kier alpha value is -3.98. The summed E-state index contributed by atoms with van der Waals surface area (Å²) in [6.45, 7) is 2.82. The van der Waals surface area contributed by atoms with Gasteiger partial charge in [-0.25, -0.2) is 8.42 Å².